The second kappa shape index (κ2) is 7.21. The first kappa shape index (κ1) is 16.1. The highest BCUT2D eigenvalue weighted by molar-refractivity contribution is 5.90. The Bertz CT molecular complexity index is 547. The standard InChI is InChI=1S/C18H27N3O2/c1-14-12-16(20-8-2-3-9-20)4-5-17(14)19-18(23)21-10-6-15(13-22)7-11-21/h4-5,12,15,22H,2-3,6-11,13H2,1H3,(H,19,23). The number of urea groups is 1. The van der Waals surface area contributed by atoms with Crippen LogP contribution < -0.4 is 10.2 Å². The fourth-order valence-electron chi connectivity index (χ4n) is 3.47. The van der Waals surface area contributed by atoms with Crippen LogP contribution in [0.15, 0.2) is 18.2 Å². The molecule has 2 N–H and O–H groups in total. The predicted octanol–water partition coefficient (Wildman–Crippen LogP) is 2.83. The summed E-state index contributed by atoms with van der Waals surface area (Å²) in [5, 5.41) is 12.2. The van der Waals surface area contributed by atoms with Crippen molar-refractivity contribution in [3.63, 3.8) is 0 Å². The first-order valence-electron chi connectivity index (χ1n) is 8.70. The van der Waals surface area contributed by atoms with Crippen molar-refractivity contribution in [2.24, 2.45) is 5.92 Å². The Morgan fingerprint density at radius 2 is 1.91 bits per heavy atom. The highest BCUT2D eigenvalue weighted by Crippen LogP contribution is 2.26. The SMILES string of the molecule is Cc1cc(N2CCCC2)ccc1NC(=O)N1CCC(CO)CC1. The van der Waals surface area contributed by atoms with E-state index >= 15 is 0 Å². The topological polar surface area (TPSA) is 55.8 Å². The van der Waals surface area contributed by atoms with Crippen LogP contribution in [0.2, 0.25) is 0 Å². The molecule has 23 heavy (non-hydrogen) atoms. The molecule has 0 aliphatic carbocycles. The Morgan fingerprint density at radius 3 is 2.52 bits per heavy atom. The molecule has 2 amide bonds. The summed E-state index contributed by atoms with van der Waals surface area (Å²) in [6.45, 7) is 5.99. The Labute approximate surface area is 138 Å². The van der Waals surface area contributed by atoms with Gasteiger partial charge in [-0.25, -0.2) is 4.79 Å². The Morgan fingerprint density at radius 1 is 1.22 bits per heavy atom. The molecule has 2 aliphatic heterocycles. The first-order valence-corrected chi connectivity index (χ1v) is 8.70. The number of anilines is 2. The highest BCUT2D eigenvalue weighted by atomic mass is 16.3. The van der Waals surface area contributed by atoms with E-state index < -0.39 is 0 Å². The predicted molar refractivity (Wildman–Crippen MR) is 93.0 cm³/mol. The minimum atomic E-state index is -0.0292. The van der Waals surface area contributed by atoms with Gasteiger partial charge in [0.15, 0.2) is 0 Å². The van der Waals surface area contributed by atoms with Crippen molar-refractivity contribution in [2.45, 2.75) is 32.6 Å². The van der Waals surface area contributed by atoms with Crippen molar-refractivity contribution in [3.8, 4) is 0 Å². The number of piperidine rings is 1. The van der Waals surface area contributed by atoms with Crippen LogP contribution in [0.3, 0.4) is 0 Å². The van der Waals surface area contributed by atoms with Crippen LogP contribution >= 0.6 is 0 Å². The van der Waals surface area contributed by atoms with Crippen LogP contribution in [0, 0.1) is 12.8 Å². The lowest BCUT2D eigenvalue weighted by atomic mass is 9.98. The average Bonchev–Trinajstić information content (AvgIpc) is 3.11. The van der Waals surface area contributed by atoms with E-state index in [4.69, 9.17) is 0 Å². The van der Waals surface area contributed by atoms with Gasteiger partial charge in [0.05, 0.1) is 0 Å². The van der Waals surface area contributed by atoms with Gasteiger partial charge in [-0.05, 0) is 62.3 Å². The molecule has 0 bridgehead atoms. The largest absolute Gasteiger partial charge is 0.396 e. The van der Waals surface area contributed by atoms with Crippen molar-refractivity contribution in [2.75, 3.05) is 43.0 Å². The first-order chi connectivity index (χ1) is 11.2. The average molecular weight is 317 g/mol. The minimum absolute atomic E-state index is 0.0292. The van der Waals surface area contributed by atoms with Gasteiger partial charge in [0.25, 0.3) is 0 Å². The zero-order valence-corrected chi connectivity index (χ0v) is 13.9. The van der Waals surface area contributed by atoms with E-state index in [2.05, 4.69) is 22.3 Å². The van der Waals surface area contributed by atoms with Crippen LogP contribution in [-0.2, 0) is 0 Å². The maximum Gasteiger partial charge on any atom is 0.321 e. The molecule has 0 spiro atoms. The van der Waals surface area contributed by atoms with Crippen LogP contribution in [0.5, 0.6) is 0 Å². The molecule has 0 saturated carbocycles. The Hall–Kier alpha value is -1.75. The number of hydrogen-bond acceptors (Lipinski definition) is 3. The lowest BCUT2D eigenvalue weighted by molar-refractivity contribution is 0.143. The molecule has 0 unspecified atom stereocenters. The summed E-state index contributed by atoms with van der Waals surface area (Å²) in [5.74, 6) is 0.348. The monoisotopic (exact) mass is 317 g/mol. The third-order valence-corrected chi connectivity index (χ3v) is 5.08. The van der Waals surface area contributed by atoms with Crippen molar-refractivity contribution in [1.29, 1.82) is 0 Å². The molecule has 2 aliphatic rings. The number of carbonyl (C=O) groups is 1. The molecular formula is C18H27N3O2. The van der Waals surface area contributed by atoms with Gasteiger partial charge in [0.2, 0.25) is 0 Å². The molecular weight excluding hydrogens is 290 g/mol. The number of aliphatic hydroxyl groups excluding tert-OH is 1. The molecule has 126 valence electrons. The normalized spacial score (nSPS) is 19.2. The fraction of sp³-hybridized carbons (Fsp3) is 0.611. The molecule has 5 heteroatoms. The maximum atomic E-state index is 12.4. The highest BCUT2D eigenvalue weighted by Gasteiger charge is 2.22. The van der Waals surface area contributed by atoms with Gasteiger partial charge in [-0.1, -0.05) is 0 Å². The fourth-order valence-corrected chi connectivity index (χ4v) is 3.47. The molecule has 1 aromatic rings. The number of rotatable bonds is 3. The third-order valence-electron chi connectivity index (χ3n) is 5.08. The number of benzene rings is 1. The summed E-state index contributed by atoms with van der Waals surface area (Å²) in [6, 6.07) is 6.25. The molecule has 0 atom stereocenters. The van der Waals surface area contributed by atoms with Gasteiger partial charge >= 0.3 is 6.03 Å². The van der Waals surface area contributed by atoms with Gasteiger partial charge in [0, 0.05) is 44.2 Å². The number of amides is 2. The lowest BCUT2D eigenvalue weighted by Gasteiger charge is -2.31. The molecule has 5 nitrogen and oxygen atoms in total. The van der Waals surface area contributed by atoms with E-state index in [9.17, 15) is 9.90 Å². The van der Waals surface area contributed by atoms with E-state index in [1.807, 2.05) is 17.9 Å². The van der Waals surface area contributed by atoms with Crippen LogP contribution in [-0.4, -0.2) is 48.8 Å². The van der Waals surface area contributed by atoms with Crippen molar-refractivity contribution < 1.29 is 9.90 Å². The molecule has 0 radical (unpaired) electrons. The zero-order valence-electron chi connectivity index (χ0n) is 13.9. The number of aryl methyl sites for hydroxylation is 1. The molecule has 0 aromatic heterocycles. The summed E-state index contributed by atoms with van der Waals surface area (Å²) in [5.41, 5.74) is 3.25. The van der Waals surface area contributed by atoms with Crippen LogP contribution in [0.4, 0.5) is 16.2 Å². The lowest BCUT2D eigenvalue weighted by Crippen LogP contribution is -2.41. The van der Waals surface area contributed by atoms with Gasteiger partial charge in [0.1, 0.15) is 0 Å². The molecule has 1 aromatic carbocycles. The number of aliphatic hydroxyl groups is 1. The number of nitrogens with zero attached hydrogens (tertiary/aromatic N) is 2. The number of nitrogens with one attached hydrogen (secondary N) is 1. The Kier molecular flexibility index (Phi) is 5.06. The minimum Gasteiger partial charge on any atom is -0.396 e. The van der Waals surface area contributed by atoms with E-state index in [-0.39, 0.29) is 12.6 Å². The number of carbonyl (C=O) groups excluding carboxylic acids is 1. The summed E-state index contributed by atoms with van der Waals surface area (Å²) in [4.78, 5) is 16.6. The van der Waals surface area contributed by atoms with Gasteiger partial charge in [-0.3, -0.25) is 0 Å². The van der Waals surface area contributed by atoms with E-state index in [0.717, 1.165) is 50.3 Å². The van der Waals surface area contributed by atoms with Crippen molar-refractivity contribution in [3.05, 3.63) is 23.8 Å². The second-order valence-corrected chi connectivity index (χ2v) is 6.74. The molecule has 3 rings (SSSR count). The summed E-state index contributed by atoms with van der Waals surface area (Å²) in [6.07, 6.45) is 4.30. The van der Waals surface area contributed by atoms with Gasteiger partial charge in [-0.15, -0.1) is 0 Å². The molecule has 2 heterocycles. The van der Waals surface area contributed by atoms with Crippen LogP contribution in [0.25, 0.3) is 0 Å². The van der Waals surface area contributed by atoms with Gasteiger partial charge < -0.3 is 20.2 Å². The Balaban J connectivity index is 1.60. The van der Waals surface area contributed by atoms with E-state index in [1.165, 1.54) is 18.5 Å². The van der Waals surface area contributed by atoms with Crippen molar-refractivity contribution >= 4 is 17.4 Å². The summed E-state index contributed by atoms with van der Waals surface area (Å²) < 4.78 is 0. The van der Waals surface area contributed by atoms with Crippen LogP contribution in [0.1, 0.15) is 31.2 Å². The number of hydrogen-bond donors (Lipinski definition) is 2. The zero-order chi connectivity index (χ0) is 16.2. The quantitative estimate of drug-likeness (QED) is 0.901. The van der Waals surface area contributed by atoms with Gasteiger partial charge in [-0.2, -0.15) is 0 Å². The number of likely N-dealkylation sites (tertiary alicyclic amines) is 1. The van der Waals surface area contributed by atoms with E-state index in [1.54, 1.807) is 0 Å². The van der Waals surface area contributed by atoms with Crippen molar-refractivity contribution in [1.82, 2.24) is 4.90 Å². The molecule has 2 fully saturated rings. The third kappa shape index (κ3) is 3.78. The summed E-state index contributed by atoms with van der Waals surface area (Å²) in [7, 11) is 0. The van der Waals surface area contributed by atoms with E-state index in [0.29, 0.717) is 5.92 Å². The second-order valence-electron chi connectivity index (χ2n) is 6.74. The maximum absolute atomic E-state index is 12.4. The smallest absolute Gasteiger partial charge is 0.321 e. The molecule has 2 saturated heterocycles. The summed E-state index contributed by atoms with van der Waals surface area (Å²) >= 11 is 0.